The monoisotopic (exact) mass is 415 g/mol. The van der Waals surface area contributed by atoms with Gasteiger partial charge in [0.15, 0.2) is 0 Å². The standard InChI is InChI=1S/C22H26ClN3O3/c23-19-9-5-4-8-18(19)22(28)24-11-10-21(27)25-20(17-6-2-1-3-7-17)16-26-12-14-29-15-13-26/h1-9,20H,10-16H2,(H,24,28)(H,25,27)/t20-/m1/s1. The van der Waals surface area contributed by atoms with Crippen LogP contribution in [0.1, 0.15) is 28.4 Å². The summed E-state index contributed by atoms with van der Waals surface area (Å²) < 4.78 is 5.41. The molecule has 2 aromatic carbocycles. The van der Waals surface area contributed by atoms with E-state index in [0.717, 1.165) is 25.2 Å². The van der Waals surface area contributed by atoms with Crippen molar-refractivity contribution in [2.45, 2.75) is 12.5 Å². The van der Waals surface area contributed by atoms with Crippen LogP contribution >= 0.6 is 11.6 Å². The van der Waals surface area contributed by atoms with Gasteiger partial charge >= 0.3 is 0 Å². The highest BCUT2D eigenvalue weighted by Crippen LogP contribution is 2.16. The number of carbonyl (C=O) groups is 2. The number of nitrogens with zero attached hydrogens (tertiary/aromatic N) is 1. The first-order valence-corrected chi connectivity index (χ1v) is 10.2. The van der Waals surface area contributed by atoms with Crippen molar-refractivity contribution in [3.63, 3.8) is 0 Å². The maximum Gasteiger partial charge on any atom is 0.252 e. The van der Waals surface area contributed by atoms with Gasteiger partial charge in [-0.1, -0.05) is 54.1 Å². The molecule has 0 unspecified atom stereocenters. The van der Waals surface area contributed by atoms with Crippen molar-refractivity contribution < 1.29 is 14.3 Å². The van der Waals surface area contributed by atoms with Gasteiger partial charge in [-0.15, -0.1) is 0 Å². The molecule has 2 amide bonds. The van der Waals surface area contributed by atoms with E-state index in [1.807, 2.05) is 30.3 Å². The van der Waals surface area contributed by atoms with Gasteiger partial charge in [-0.3, -0.25) is 14.5 Å². The van der Waals surface area contributed by atoms with Crippen LogP contribution in [0.3, 0.4) is 0 Å². The largest absolute Gasteiger partial charge is 0.379 e. The van der Waals surface area contributed by atoms with E-state index in [2.05, 4.69) is 15.5 Å². The molecular weight excluding hydrogens is 390 g/mol. The Kier molecular flexibility index (Phi) is 8.04. The zero-order chi connectivity index (χ0) is 20.5. The molecule has 1 saturated heterocycles. The summed E-state index contributed by atoms with van der Waals surface area (Å²) in [4.78, 5) is 27.0. The number of halogens is 1. The number of benzene rings is 2. The topological polar surface area (TPSA) is 70.7 Å². The lowest BCUT2D eigenvalue weighted by Gasteiger charge is -2.31. The van der Waals surface area contributed by atoms with Crippen LogP contribution in [0.2, 0.25) is 5.02 Å². The third-order valence-corrected chi connectivity index (χ3v) is 5.17. The molecule has 1 fully saturated rings. The highest BCUT2D eigenvalue weighted by atomic mass is 35.5. The molecular formula is C22H26ClN3O3. The van der Waals surface area contributed by atoms with Crippen molar-refractivity contribution in [3.8, 4) is 0 Å². The zero-order valence-corrected chi connectivity index (χ0v) is 17.0. The number of hydrogen-bond acceptors (Lipinski definition) is 4. The van der Waals surface area contributed by atoms with Crippen LogP contribution < -0.4 is 10.6 Å². The minimum Gasteiger partial charge on any atom is -0.379 e. The van der Waals surface area contributed by atoms with Crippen molar-refractivity contribution in [3.05, 3.63) is 70.7 Å². The zero-order valence-electron chi connectivity index (χ0n) is 16.3. The van der Waals surface area contributed by atoms with E-state index in [-0.39, 0.29) is 30.8 Å². The second-order valence-electron chi connectivity index (χ2n) is 6.93. The fourth-order valence-electron chi connectivity index (χ4n) is 3.26. The lowest BCUT2D eigenvalue weighted by molar-refractivity contribution is -0.121. The highest BCUT2D eigenvalue weighted by molar-refractivity contribution is 6.33. The number of nitrogens with one attached hydrogen (secondary N) is 2. The van der Waals surface area contributed by atoms with Gasteiger partial charge in [-0.2, -0.15) is 0 Å². The number of morpholine rings is 1. The summed E-state index contributed by atoms with van der Waals surface area (Å²) in [5, 5.41) is 6.25. The molecule has 1 heterocycles. The minimum atomic E-state index is -0.281. The van der Waals surface area contributed by atoms with Crippen LogP contribution in [0, 0.1) is 0 Å². The van der Waals surface area contributed by atoms with Crippen molar-refractivity contribution in [2.24, 2.45) is 0 Å². The van der Waals surface area contributed by atoms with E-state index in [4.69, 9.17) is 16.3 Å². The second-order valence-corrected chi connectivity index (χ2v) is 7.34. The normalized spacial score (nSPS) is 15.5. The summed E-state index contributed by atoms with van der Waals surface area (Å²) in [7, 11) is 0. The first kappa shape index (κ1) is 21.3. The molecule has 1 aliphatic heterocycles. The van der Waals surface area contributed by atoms with Gasteiger partial charge in [0.25, 0.3) is 5.91 Å². The van der Waals surface area contributed by atoms with E-state index >= 15 is 0 Å². The maximum atomic E-state index is 12.5. The Bertz CT molecular complexity index is 810. The molecule has 1 aliphatic rings. The van der Waals surface area contributed by atoms with Gasteiger partial charge in [-0.25, -0.2) is 0 Å². The third-order valence-electron chi connectivity index (χ3n) is 4.84. The van der Waals surface area contributed by atoms with Crippen LogP contribution in [0.4, 0.5) is 0 Å². The SMILES string of the molecule is O=C(CCNC(=O)c1ccccc1Cl)N[C@H](CN1CCOCC1)c1ccccc1. The molecule has 7 heteroatoms. The lowest BCUT2D eigenvalue weighted by Crippen LogP contribution is -2.43. The predicted molar refractivity (Wildman–Crippen MR) is 113 cm³/mol. The second kappa shape index (κ2) is 11.0. The number of ether oxygens (including phenoxy) is 1. The van der Waals surface area contributed by atoms with Crippen LogP contribution in [-0.4, -0.2) is 56.1 Å². The van der Waals surface area contributed by atoms with Crippen molar-refractivity contribution in [1.82, 2.24) is 15.5 Å². The Morgan fingerprint density at radius 1 is 1.03 bits per heavy atom. The van der Waals surface area contributed by atoms with Crippen molar-refractivity contribution in [1.29, 1.82) is 0 Å². The van der Waals surface area contributed by atoms with E-state index in [1.54, 1.807) is 24.3 Å². The molecule has 2 N–H and O–H groups in total. The van der Waals surface area contributed by atoms with E-state index in [9.17, 15) is 9.59 Å². The number of amides is 2. The summed E-state index contributed by atoms with van der Waals surface area (Å²) >= 11 is 6.04. The fraction of sp³-hybridized carbons (Fsp3) is 0.364. The van der Waals surface area contributed by atoms with Gasteiger partial charge in [0, 0.05) is 32.6 Å². The Hall–Kier alpha value is -2.41. The van der Waals surface area contributed by atoms with Crippen molar-refractivity contribution >= 4 is 23.4 Å². The molecule has 0 spiro atoms. The van der Waals surface area contributed by atoms with E-state index in [1.165, 1.54) is 0 Å². The van der Waals surface area contributed by atoms with E-state index in [0.29, 0.717) is 23.8 Å². The average Bonchev–Trinajstić information content (AvgIpc) is 2.75. The smallest absolute Gasteiger partial charge is 0.252 e. The average molecular weight is 416 g/mol. The minimum absolute atomic E-state index is 0.105. The summed E-state index contributed by atoms with van der Waals surface area (Å²) in [6.45, 7) is 4.10. The first-order chi connectivity index (χ1) is 14.1. The molecule has 0 bridgehead atoms. The summed E-state index contributed by atoms with van der Waals surface area (Å²) in [5.41, 5.74) is 1.47. The molecule has 0 aromatic heterocycles. The Morgan fingerprint density at radius 2 is 1.72 bits per heavy atom. The summed E-state index contributed by atoms with van der Waals surface area (Å²) in [6, 6.07) is 16.7. The number of rotatable bonds is 8. The van der Waals surface area contributed by atoms with Gasteiger partial charge in [-0.05, 0) is 17.7 Å². The Morgan fingerprint density at radius 3 is 2.45 bits per heavy atom. The predicted octanol–water partition coefficient (Wildman–Crippen LogP) is 2.65. The van der Waals surface area contributed by atoms with Crippen LogP contribution in [0.25, 0.3) is 0 Å². The molecule has 3 rings (SSSR count). The lowest BCUT2D eigenvalue weighted by atomic mass is 10.1. The molecule has 2 aromatic rings. The third kappa shape index (κ3) is 6.56. The van der Waals surface area contributed by atoms with Gasteiger partial charge < -0.3 is 15.4 Å². The molecule has 154 valence electrons. The fourth-order valence-corrected chi connectivity index (χ4v) is 3.48. The Balaban J connectivity index is 1.52. The molecule has 0 aliphatic carbocycles. The first-order valence-electron chi connectivity index (χ1n) is 9.80. The van der Waals surface area contributed by atoms with Crippen molar-refractivity contribution in [2.75, 3.05) is 39.4 Å². The maximum absolute atomic E-state index is 12.5. The Labute approximate surface area is 176 Å². The van der Waals surface area contributed by atoms with E-state index < -0.39 is 0 Å². The quantitative estimate of drug-likeness (QED) is 0.695. The van der Waals surface area contributed by atoms with Gasteiger partial charge in [0.05, 0.1) is 29.8 Å². The molecule has 0 radical (unpaired) electrons. The molecule has 29 heavy (non-hydrogen) atoms. The van der Waals surface area contributed by atoms with Crippen LogP contribution in [-0.2, 0) is 9.53 Å². The molecule has 0 saturated carbocycles. The van der Waals surface area contributed by atoms with Crippen LogP contribution in [0.5, 0.6) is 0 Å². The van der Waals surface area contributed by atoms with Gasteiger partial charge in [0.2, 0.25) is 5.91 Å². The summed E-state index contributed by atoms with van der Waals surface area (Å²) in [6.07, 6.45) is 0.197. The summed E-state index contributed by atoms with van der Waals surface area (Å²) in [5.74, 6) is -0.386. The number of hydrogen-bond donors (Lipinski definition) is 2. The number of carbonyl (C=O) groups excluding carboxylic acids is 2. The van der Waals surface area contributed by atoms with Crippen LogP contribution in [0.15, 0.2) is 54.6 Å². The van der Waals surface area contributed by atoms with Gasteiger partial charge in [0.1, 0.15) is 0 Å². The highest BCUT2D eigenvalue weighted by Gasteiger charge is 2.20. The molecule has 1 atom stereocenters. The molecule has 6 nitrogen and oxygen atoms in total.